The summed E-state index contributed by atoms with van der Waals surface area (Å²) in [6.07, 6.45) is 0. The highest BCUT2D eigenvalue weighted by Crippen LogP contribution is 2.54. The molecule has 33 heavy (non-hydrogen) atoms. The monoisotopic (exact) mass is 461 g/mol. The Hall–Kier alpha value is -3.32. The predicted molar refractivity (Wildman–Crippen MR) is 130 cm³/mol. The Labute approximate surface area is 196 Å². The van der Waals surface area contributed by atoms with Gasteiger partial charge in [-0.25, -0.2) is 9.18 Å². The second kappa shape index (κ2) is 8.23. The van der Waals surface area contributed by atoms with Gasteiger partial charge in [-0.1, -0.05) is 47.5 Å². The summed E-state index contributed by atoms with van der Waals surface area (Å²) in [6, 6.07) is 19.4. The van der Waals surface area contributed by atoms with E-state index in [9.17, 15) is 14.0 Å². The lowest BCUT2D eigenvalue weighted by Crippen LogP contribution is -2.51. The van der Waals surface area contributed by atoms with Gasteiger partial charge in [0, 0.05) is 23.5 Å². The van der Waals surface area contributed by atoms with E-state index in [0.717, 1.165) is 27.9 Å². The summed E-state index contributed by atoms with van der Waals surface area (Å²) < 4.78 is 13.3. The maximum absolute atomic E-state index is 14.0. The number of benzene rings is 3. The lowest BCUT2D eigenvalue weighted by atomic mass is 10.0. The Balaban J connectivity index is 1.52. The number of nitrogens with zero attached hydrogens (tertiary/aromatic N) is 2. The number of hydrogen-bond acceptors (Lipinski definition) is 3. The molecule has 1 spiro atoms. The molecule has 0 saturated carbocycles. The highest BCUT2D eigenvalue weighted by molar-refractivity contribution is 8.01. The van der Waals surface area contributed by atoms with Crippen molar-refractivity contribution in [3.05, 3.63) is 94.8 Å². The highest BCUT2D eigenvalue weighted by Gasteiger charge is 2.59. The van der Waals surface area contributed by atoms with Gasteiger partial charge < -0.3 is 10.2 Å². The van der Waals surface area contributed by atoms with Crippen LogP contribution in [0, 0.1) is 19.7 Å². The van der Waals surface area contributed by atoms with Gasteiger partial charge in [-0.15, -0.1) is 11.8 Å². The van der Waals surface area contributed by atoms with E-state index in [0.29, 0.717) is 24.5 Å². The Morgan fingerprint density at radius 2 is 1.73 bits per heavy atom. The SMILES string of the molecule is Cc1ccc(CN2C(=O)[C@@]3(SCCN3C(=O)Nc3ccc(F)cc3)c3cc(C)ccc32)cc1. The van der Waals surface area contributed by atoms with E-state index < -0.39 is 4.87 Å². The topological polar surface area (TPSA) is 52.7 Å². The van der Waals surface area contributed by atoms with E-state index in [1.54, 1.807) is 9.80 Å². The number of aryl methyl sites for hydroxylation is 2. The molecule has 5 rings (SSSR count). The summed E-state index contributed by atoms with van der Waals surface area (Å²) in [5.74, 6) is 0.165. The van der Waals surface area contributed by atoms with Crippen molar-refractivity contribution in [2.75, 3.05) is 22.5 Å². The lowest BCUT2D eigenvalue weighted by molar-refractivity contribution is -0.123. The molecular formula is C26H24FN3O2S. The minimum absolute atomic E-state index is 0.111. The van der Waals surface area contributed by atoms with Gasteiger partial charge in [0.15, 0.2) is 4.87 Å². The van der Waals surface area contributed by atoms with Crippen LogP contribution in [0.5, 0.6) is 0 Å². The number of amides is 3. The minimum atomic E-state index is -1.11. The van der Waals surface area contributed by atoms with E-state index in [1.807, 2.05) is 56.3 Å². The zero-order valence-corrected chi connectivity index (χ0v) is 19.3. The predicted octanol–water partition coefficient (Wildman–Crippen LogP) is 5.42. The lowest BCUT2D eigenvalue weighted by Gasteiger charge is -2.33. The first-order chi connectivity index (χ1) is 15.9. The van der Waals surface area contributed by atoms with Gasteiger partial charge in [0.1, 0.15) is 5.82 Å². The van der Waals surface area contributed by atoms with Crippen LogP contribution in [0.4, 0.5) is 20.6 Å². The van der Waals surface area contributed by atoms with Gasteiger partial charge in [0.25, 0.3) is 5.91 Å². The van der Waals surface area contributed by atoms with Gasteiger partial charge in [0.05, 0.1) is 12.2 Å². The van der Waals surface area contributed by atoms with Crippen LogP contribution < -0.4 is 10.2 Å². The van der Waals surface area contributed by atoms with Crippen molar-refractivity contribution < 1.29 is 14.0 Å². The summed E-state index contributed by atoms with van der Waals surface area (Å²) in [6.45, 7) is 4.90. The van der Waals surface area contributed by atoms with Gasteiger partial charge in [-0.2, -0.15) is 0 Å². The minimum Gasteiger partial charge on any atom is -0.308 e. The number of thioether (sulfide) groups is 1. The molecule has 1 atom stereocenters. The van der Waals surface area contributed by atoms with E-state index in [4.69, 9.17) is 0 Å². The van der Waals surface area contributed by atoms with Crippen molar-refractivity contribution in [1.82, 2.24) is 4.90 Å². The molecule has 1 N–H and O–H groups in total. The Morgan fingerprint density at radius 1 is 1.03 bits per heavy atom. The maximum atomic E-state index is 14.0. The highest BCUT2D eigenvalue weighted by atomic mass is 32.2. The normalized spacial score (nSPS) is 19.3. The molecule has 0 aliphatic carbocycles. The fourth-order valence-corrected chi connectivity index (χ4v) is 5.94. The van der Waals surface area contributed by atoms with Crippen LogP contribution in [0.3, 0.4) is 0 Å². The summed E-state index contributed by atoms with van der Waals surface area (Å²) in [7, 11) is 0. The third kappa shape index (κ3) is 3.66. The molecule has 2 heterocycles. The number of halogens is 1. The summed E-state index contributed by atoms with van der Waals surface area (Å²) in [5.41, 5.74) is 5.39. The summed E-state index contributed by atoms with van der Waals surface area (Å²) in [4.78, 5) is 29.6. The third-order valence-electron chi connectivity index (χ3n) is 6.15. The largest absolute Gasteiger partial charge is 0.323 e. The van der Waals surface area contributed by atoms with Crippen LogP contribution in [0.1, 0.15) is 22.3 Å². The first-order valence-corrected chi connectivity index (χ1v) is 11.8. The molecule has 0 radical (unpaired) electrons. The van der Waals surface area contributed by atoms with E-state index in [-0.39, 0.29) is 17.8 Å². The Morgan fingerprint density at radius 3 is 2.45 bits per heavy atom. The Kier molecular flexibility index (Phi) is 5.37. The van der Waals surface area contributed by atoms with Crippen molar-refractivity contribution in [2.45, 2.75) is 25.3 Å². The van der Waals surface area contributed by atoms with Gasteiger partial charge in [-0.05, 0) is 49.7 Å². The molecular weight excluding hydrogens is 437 g/mol. The standard InChI is InChI=1S/C26H24FN3O2S/c1-17-3-6-19(7-4-17)16-29-23-12-5-18(2)15-22(23)26(24(29)31)30(13-14-33-26)25(32)28-21-10-8-20(27)9-11-21/h3-12,15H,13-14,16H2,1-2H3,(H,28,32)/t26-/m0/s1. The van der Waals surface area contributed by atoms with E-state index in [2.05, 4.69) is 5.32 Å². The molecule has 3 aromatic rings. The molecule has 1 saturated heterocycles. The quantitative estimate of drug-likeness (QED) is 0.566. The first kappa shape index (κ1) is 21.5. The van der Waals surface area contributed by atoms with Crippen molar-refractivity contribution in [3.63, 3.8) is 0 Å². The number of nitrogens with one attached hydrogen (secondary N) is 1. The number of carbonyl (C=O) groups excluding carboxylic acids is 2. The Bertz CT molecular complexity index is 1230. The second-order valence-corrected chi connectivity index (χ2v) is 9.77. The van der Waals surface area contributed by atoms with Crippen LogP contribution in [-0.2, 0) is 16.2 Å². The zero-order valence-electron chi connectivity index (χ0n) is 18.5. The van der Waals surface area contributed by atoms with Crippen LogP contribution >= 0.6 is 11.8 Å². The number of fused-ring (bicyclic) bond motifs is 2. The fourth-order valence-electron chi connectivity index (χ4n) is 4.49. The number of hydrogen-bond donors (Lipinski definition) is 1. The van der Waals surface area contributed by atoms with Crippen molar-refractivity contribution in [2.24, 2.45) is 0 Å². The molecule has 3 aromatic carbocycles. The number of carbonyl (C=O) groups is 2. The van der Waals surface area contributed by atoms with Crippen LogP contribution in [0.25, 0.3) is 0 Å². The summed E-state index contributed by atoms with van der Waals surface area (Å²) >= 11 is 1.49. The number of anilines is 2. The average molecular weight is 462 g/mol. The third-order valence-corrected chi connectivity index (χ3v) is 7.57. The molecule has 0 unspecified atom stereocenters. The zero-order chi connectivity index (χ0) is 23.2. The molecule has 2 aliphatic heterocycles. The van der Waals surface area contributed by atoms with Crippen molar-refractivity contribution in [3.8, 4) is 0 Å². The molecule has 0 bridgehead atoms. The van der Waals surface area contributed by atoms with Crippen molar-refractivity contribution in [1.29, 1.82) is 0 Å². The summed E-state index contributed by atoms with van der Waals surface area (Å²) in [5, 5.41) is 2.84. The van der Waals surface area contributed by atoms with Crippen LogP contribution in [-0.4, -0.2) is 29.1 Å². The van der Waals surface area contributed by atoms with Crippen LogP contribution in [0.2, 0.25) is 0 Å². The second-order valence-electron chi connectivity index (χ2n) is 8.48. The smallest absolute Gasteiger partial charge is 0.308 e. The number of rotatable bonds is 3. The maximum Gasteiger partial charge on any atom is 0.323 e. The van der Waals surface area contributed by atoms with E-state index >= 15 is 0 Å². The van der Waals surface area contributed by atoms with Gasteiger partial charge >= 0.3 is 6.03 Å². The average Bonchev–Trinajstić information content (AvgIpc) is 3.34. The van der Waals surface area contributed by atoms with Gasteiger partial charge in [0.2, 0.25) is 0 Å². The molecule has 7 heteroatoms. The van der Waals surface area contributed by atoms with Crippen molar-refractivity contribution >= 4 is 35.1 Å². The van der Waals surface area contributed by atoms with Crippen LogP contribution in [0.15, 0.2) is 66.7 Å². The number of urea groups is 1. The first-order valence-electron chi connectivity index (χ1n) is 10.9. The molecule has 0 aromatic heterocycles. The van der Waals surface area contributed by atoms with E-state index in [1.165, 1.54) is 36.0 Å². The molecule has 2 aliphatic rings. The molecule has 168 valence electrons. The molecule has 5 nitrogen and oxygen atoms in total. The molecule has 3 amide bonds. The van der Waals surface area contributed by atoms with Gasteiger partial charge in [-0.3, -0.25) is 9.69 Å². The fraction of sp³-hybridized carbons (Fsp3) is 0.231. The molecule has 1 fully saturated rings.